The van der Waals surface area contributed by atoms with E-state index in [2.05, 4.69) is 5.32 Å². The van der Waals surface area contributed by atoms with Gasteiger partial charge in [0.05, 0.1) is 12.1 Å². The molecule has 0 atom stereocenters. The Morgan fingerprint density at radius 3 is 2.32 bits per heavy atom. The van der Waals surface area contributed by atoms with Crippen molar-refractivity contribution in [1.82, 2.24) is 14.5 Å². The number of amides is 1. The first-order valence-electron chi connectivity index (χ1n) is 9.07. The molecular formula is C21H15F2N3O5. The second-order valence-electron chi connectivity index (χ2n) is 6.83. The van der Waals surface area contributed by atoms with Gasteiger partial charge < -0.3 is 15.5 Å². The van der Waals surface area contributed by atoms with E-state index >= 15 is 0 Å². The second kappa shape index (κ2) is 7.56. The molecule has 0 bridgehead atoms. The molecule has 0 aliphatic rings. The molecule has 2 heterocycles. The molecule has 31 heavy (non-hydrogen) atoms. The molecule has 2 aromatic heterocycles. The maximum atomic E-state index is 13.7. The van der Waals surface area contributed by atoms with Crippen molar-refractivity contribution in [2.24, 2.45) is 0 Å². The molecule has 4 aromatic rings. The number of aromatic hydroxyl groups is 1. The van der Waals surface area contributed by atoms with Gasteiger partial charge in [-0.1, -0.05) is 12.1 Å². The number of carbonyl (C=O) groups is 2. The Bertz CT molecular complexity index is 1410. The van der Waals surface area contributed by atoms with Crippen LogP contribution in [-0.4, -0.2) is 37.8 Å². The molecule has 3 N–H and O–H groups in total. The van der Waals surface area contributed by atoms with Crippen molar-refractivity contribution in [2.75, 3.05) is 6.54 Å². The minimum absolute atomic E-state index is 0.0442. The largest absolute Gasteiger partial charge is 0.505 e. The highest BCUT2D eigenvalue weighted by Crippen LogP contribution is 2.33. The Balaban J connectivity index is 1.99. The van der Waals surface area contributed by atoms with Crippen LogP contribution < -0.4 is 10.9 Å². The Labute approximate surface area is 172 Å². The Morgan fingerprint density at radius 2 is 1.65 bits per heavy atom. The summed E-state index contributed by atoms with van der Waals surface area (Å²) in [4.78, 5) is 36.4. The predicted octanol–water partition coefficient (Wildman–Crippen LogP) is 2.10. The van der Waals surface area contributed by atoms with Crippen LogP contribution in [0.15, 0.2) is 53.3 Å². The summed E-state index contributed by atoms with van der Waals surface area (Å²) in [6, 6.07) is 10.1. The average Bonchev–Trinajstić information content (AvgIpc) is 3.01. The van der Waals surface area contributed by atoms with E-state index in [0.717, 1.165) is 22.9 Å². The summed E-state index contributed by atoms with van der Waals surface area (Å²) in [6.45, 7) is -0.808. The van der Waals surface area contributed by atoms with Gasteiger partial charge in [-0.2, -0.15) is 0 Å². The number of aliphatic carboxylic acids is 1. The molecule has 0 fully saturated rings. The first-order valence-corrected chi connectivity index (χ1v) is 9.07. The summed E-state index contributed by atoms with van der Waals surface area (Å²) >= 11 is 0. The Hall–Kier alpha value is -4.21. The third-order valence-corrected chi connectivity index (χ3v) is 4.79. The normalized spacial score (nSPS) is 11.2. The molecule has 8 nitrogen and oxygen atoms in total. The van der Waals surface area contributed by atoms with E-state index in [-0.39, 0.29) is 23.2 Å². The van der Waals surface area contributed by atoms with Crippen LogP contribution in [0.3, 0.4) is 0 Å². The van der Waals surface area contributed by atoms with Crippen LogP contribution in [0.4, 0.5) is 8.78 Å². The fraction of sp³-hybridized carbons (Fsp3) is 0.0952. The first-order chi connectivity index (χ1) is 14.8. The van der Waals surface area contributed by atoms with Crippen molar-refractivity contribution in [3.05, 3.63) is 81.6 Å². The van der Waals surface area contributed by atoms with Crippen molar-refractivity contribution in [1.29, 1.82) is 0 Å². The molecule has 10 heteroatoms. The van der Waals surface area contributed by atoms with Gasteiger partial charge in [0.1, 0.15) is 29.3 Å². The first kappa shape index (κ1) is 20.1. The summed E-state index contributed by atoms with van der Waals surface area (Å²) in [5.74, 6) is -3.67. The number of rotatable bonds is 5. The number of halogens is 2. The maximum absolute atomic E-state index is 13.7. The molecule has 2 aromatic carbocycles. The fourth-order valence-corrected chi connectivity index (χ4v) is 3.39. The quantitative estimate of drug-likeness (QED) is 0.452. The minimum atomic E-state index is -1.30. The van der Waals surface area contributed by atoms with Crippen LogP contribution in [0.5, 0.6) is 5.75 Å². The van der Waals surface area contributed by atoms with Crippen molar-refractivity contribution in [3.63, 3.8) is 0 Å². The molecule has 0 unspecified atom stereocenters. The lowest BCUT2D eigenvalue weighted by Gasteiger charge is -2.13. The zero-order valence-corrected chi connectivity index (χ0v) is 15.8. The van der Waals surface area contributed by atoms with E-state index in [0.29, 0.717) is 11.1 Å². The fourth-order valence-electron chi connectivity index (χ4n) is 3.39. The number of carboxylic acids is 1. The Morgan fingerprint density at radius 1 is 0.968 bits per heavy atom. The van der Waals surface area contributed by atoms with Gasteiger partial charge in [0, 0.05) is 5.39 Å². The van der Waals surface area contributed by atoms with Gasteiger partial charge in [-0.15, -0.1) is 0 Å². The lowest BCUT2D eigenvalue weighted by Crippen LogP contribution is -2.37. The lowest BCUT2D eigenvalue weighted by atomic mass is 10.2. The van der Waals surface area contributed by atoms with Crippen molar-refractivity contribution < 1.29 is 28.6 Å². The Kier molecular flexibility index (Phi) is 4.90. The molecule has 0 aliphatic heterocycles. The van der Waals surface area contributed by atoms with Gasteiger partial charge >= 0.3 is 5.97 Å². The number of nitrogens with one attached hydrogen (secondary N) is 1. The van der Waals surface area contributed by atoms with Crippen molar-refractivity contribution in [3.8, 4) is 5.75 Å². The van der Waals surface area contributed by atoms with Crippen LogP contribution in [0.25, 0.3) is 16.4 Å². The summed E-state index contributed by atoms with van der Waals surface area (Å²) in [7, 11) is 0. The molecule has 0 radical (unpaired) electrons. The van der Waals surface area contributed by atoms with E-state index in [9.17, 15) is 28.3 Å². The van der Waals surface area contributed by atoms with Gasteiger partial charge in [0.2, 0.25) is 0 Å². The van der Waals surface area contributed by atoms with Crippen LogP contribution in [-0.2, 0) is 11.3 Å². The van der Waals surface area contributed by atoms with Gasteiger partial charge in [0.15, 0.2) is 5.75 Å². The van der Waals surface area contributed by atoms with Gasteiger partial charge in [-0.25, -0.2) is 18.0 Å². The third-order valence-electron chi connectivity index (χ3n) is 4.79. The number of carbonyl (C=O) groups excluding carboxylic acids is 1. The highest BCUT2D eigenvalue weighted by atomic mass is 19.1. The van der Waals surface area contributed by atoms with Crippen LogP contribution in [0, 0.1) is 11.6 Å². The van der Waals surface area contributed by atoms with Crippen LogP contribution >= 0.6 is 0 Å². The predicted molar refractivity (Wildman–Crippen MR) is 106 cm³/mol. The van der Waals surface area contributed by atoms with E-state index in [1.54, 1.807) is 0 Å². The number of hydrogen-bond donors (Lipinski definition) is 3. The van der Waals surface area contributed by atoms with E-state index in [1.807, 2.05) is 0 Å². The topological polar surface area (TPSA) is 113 Å². The number of aromatic nitrogens is 2. The zero-order valence-electron chi connectivity index (χ0n) is 15.8. The van der Waals surface area contributed by atoms with Crippen molar-refractivity contribution in [2.45, 2.75) is 6.54 Å². The molecule has 0 saturated heterocycles. The minimum Gasteiger partial charge on any atom is -0.505 e. The van der Waals surface area contributed by atoms with Crippen molar-refractivity contribution >= 4 is 28.3 Å². The molecule has 0 aliphatic carbocycles. The SMILES string of the molecule is O=C(O)CNC(=O)c1cc2c(O)c3cc(F)ccc3n2n(Cc2ccc(F)cc2)c1=O. The maximum Gasteiger partial charge on any atom is 0.322 e. The van der Waals surface area contributed by atoms with Crippen LogP contribution in [0.2, 0.25) is 0 Å². The monoisotopic (exact) mass is 427 g/mol. The third kappa shape index (κ3) is 3.59. The highest BCUT2D eigenvalue weighted by Gasteiger charge is 2.22. The summed E-state index contributed by atoms with van der Waals surface area (Å²) in [5.41, 5.74) is -0.305. The molecular weight excluding hydrogens is 412 g/mol. The zero-order chi connectivity index (χ0) is 22.3. The van der Waals surface area contributed by atoms with Gasteiger partial charge in [0.25, 0.3) is 11.5 Å². The van der Waals surface area contributed by atoms with E-state index in [1.165, 1.54) is 34.8 Å². The number of nitrogens with zero attached hydrogens (tertiary/aromatic N) is 2. The summed E-state index contributed by atoms with van der Waals surface area (Å²) in [6.07, 6.45) is 0. The average molecular weight is 427 g/mol. The molecule has 1 amide bonds. The van der Waals surface area contributed by atoms with Gasteiger partial charge in [-0.05, 0) is 42.0 Å². The second-order valence-corrected chi connectivity index (χ2v) is 6.83. The molecule has 4 rings (SSSR count). The van der Waals surface area contributed by atoms with E-state index in [4.69, 9.17) is 5.11 Å². The molecule has 0 spiro atoms. The van der Waals surface area contributed by atoms with E-state index < -0.39 is 41.2 Å². The number of carboxylic acid groups (broad SMARTS) is 1. The number of fused-ring (bicyclic) bond motifs is 3. The number of benzene rings is 2. The smallest absolute Gasteiger partial charge is 0.322 e. The highest BCUT2D eigenvalue weighted by molar-refractivity contribution is 6.00. The summed E-state index contributed by atoms with van der Waals surface area (Å²) < 4.78 is 29.5. The van der Waals surface area contributed by atoms with Gasteiger partial charge in [-0.3, -0.25) is 14.4 Å². The lowest BCUT2D eigenvalue weighted by molar-refractivity contribution is -0.135. The molecule has 0 saturated carbocycles. The summed E-state index contributed by atoms with van der Waals surface area (Å²) in [5, 5.41) is 21.7. The standard InChI is InChI=1S/C21H15F2N3O5/c22-12-3-1-11(2-4-12)10-25-21(31)15(20(30)24-9-18(27)28)8-17-19(29)14-7-13(23)5-6-16(14)26(17)25/h1-8,29H,9-10H2,(H,24,30)(H,27,28). The van der Waals surface area contributed by atoms with Crippen LogP contribution in [0.1, 0.15) is 15.9 Å². The molecule has 158 valence electrons. The number of hydrogen-bond acceptors (Lipinski definition) is 4.